The lowest BCUT2D eigenvalue weighted by molar-refractivity contribution is -0.143. The SMILES string of the molecule is COC(=O)C(CC(C)C)NC(=O)c1ncccc1N. The molecule has 3 N–H and O–H groups in total. The fraction of sp³-hybridized carbons (Fsp3) is 0.462. The first kappa shape index (κ1) is 14.9. The number of nitrogen functional groups attached to an aromatic ring is 1. The number of ether oxygens (including phenoxy) is 1. The highest BCUT2D eigenvalue weighted by molar-refractivity contribution is 5.99. The Morgan fingerprint density at radius 1 is 1.47 bits per heavy atom. The second kappa shape index (κ2) is 6.72. The summed E-state index contributed by atoms with van der Waals surface area (Å²) in [5.41, 5.74) is 6.05. The van der Waals surface area contributed by atoms with Gasteiger partial charge < -0.3 is 15.8 Å². The molecule has 0 aliphatic rings. The predicted molar refractivity (Wildman–Crippen MR) is 71.4 cm³/mol. The molecule has 0 bridgehead atoms. The summed E-state index contributed by atoms with van der Waals surface area (Å²) in [5, 5.41) is 2.60. The highest BCUT2D eigenvalue weighted by Gasteiger charge is 2.24. The summed E-state index contributed by atoms with van der Waals surface area (Å²) in [4.78, 5) is 27.5. The zero-order valence-corrected chi connectivity index (χ0v) is 11.3. The Morgan fingerprint density at radius 2 is 2.16 bits per heavy atom. The predicted octanol–water partition coefficient (Wildman–Crippen LogP) is 0.981. The summed E-state index contributed by atoms with van der Waals surface area (Å²) in [6.45, 7) is 3.91. The molecule has 1 aromatic rings. The molecule has 1 atom stereocenters. The van der Waals surface area contributed by atoms with E-state index >= 15 is 0 Å². The van der Waals surface area contributed by atoms with Crippen LogP contribution in [0, 0.1) is 5.92 Å². The number of pyridine rings is 1. The second-order valence-electron chi connectivity index (χ2n) is 4.62. The third-order valence-electron chi connectivity index (χ3n) is 2.55. The largest absolute Gasteiger partial charge is 0.467 e. The topological polar surface area (TPSA) is 94.3 Å². The molecular weight excluding hydrogens is 246 g/mol. The van der Waals surface area contributed by atoms with Gasteiger partial charge in [-0.2, -0.15) is 0 Å². The molecule has 0 fully saturated rings. The number of carbonyl (C=O) groups excluding carboxylic acids is 2. The lowest BCUT2D eigenvalue weighted by Crippen LogP contribution is -2.42. The van der Waals surface area contributed by atoms with Crippen LogP contribution in [-0.2, 0) is 9.53 Å². The average molecular weight is 265 g/mol. The molecule has 0 radical (unpaired) electrons. The monoisotopic (exact) mass is 265 g/mol. The summed E-state index contributed by atoms with van der Waals surface area (Å²) < 4.78 is 4.67. The lowest BCUT2D eigenvalue weighted by atomic mass is 10.0. The molecule has 1 heterocycles. The van der Waals surface area contributed by atoms with Crippen LogP contribution >= 0.6 is 0 Å². The number of nitrogens with one attached hydrogen (secondary N) is 1. The molecule has 0 spiro atoms. The maximum atomic E-state index is 12.0. The summed E-state index contributed by atoms with van der Waals surface area (Å²) in [6.07, 6.45) is 1.96. The normalized spacial score (nSPS) is 12.0. The maximum absolute atomic E-state index is 12.0. The Bertz CT molecular complexity index is 460. The van der Waals surface area contributed by atoms with Gasteiger partial charge in [0.05, 0.1) is 12.8 Å². The third kappa shape index (κ3) is 4.24. The first-order valence-electron chi connectivity index (χ1n) is 6.04. The van der Waals surface area contributed by atoms with E-state index < -0.39 is 17.9 Å². The van der Waals surface area contributed by atoms with E-state index in [0.717, 1.165) is 0 Å². The van der Waals surface area contributed by atoms with E-state index in [0.29, 0.717) is 6.42 Å². The van der Waals surface area contributed by atoms with Crippen LogP contribution in [0.4, 0.5) is 5.69 Å². The van der Waals surface area contributed by atoms with Crippen molar-refractivity contribution in [2.45, 2.75) is 26.3 Å². The van der Waals surface area contributed by atoms with Crippen molar-refractivity contribution >= 4 is 17.6 Å². The van der Waals surface area contributed by atoms with Gasteiger partial charge in [0.1, 0.15) is 6.04 Å². The van der Waals surface area contributed by atoms with Crippen molar-refractivity contribution in [3.8, 4) is 0 Å². The van der Waals surface area contributed by atoms with E-state index in [1.165, 1.54) is 13.3 Å². The zero-order chi connectivity index (χ0) is 14.4. The molecule has 0 aliphatic carbocycles. The minimum atomic E-state index is -0.695. The van der Waals surface area contributed by atoms with Gasteiger partial charge in [-0.15, -0.1) is 0 Å². The molecule has 1 rings (SSSR count). The smallest absolute Gasteiger partial charge is 0.328 e. The summed E-state index contributed by atoms with van der Waals surface area (Å²) in [7, 11) is 1.29. The number of nitrogens with two attached hydrogens (primary N) is 1. The molecule has 0 saturated heterocycles. The molecule has 0 aliphatic heterocycles. The molecule has 1 amide bonds. The molecule has 6 nitrogen and oxygen atoms in total. The van der Waals surface area contributed by atoms with Gasteiger partial charge >= 0.3 is 5.97 Å². The standard InChI is InChI=1S/C13H19N3O3/c1-8(2)7-10(13(18)19-3)16-12(17)11-9(14)5-4-6-15-11/h4-6,8,10H,7,14H2,1-3H3,(H,16,17). The van der Waals surface area contributed by atoms with Gasteiger partial charge in [-0.05, 0) is 24.5 Å². The number of anilines is 1. The van der Waals surface area contributed by atoms with Gasteiger partial charge in [-0.3, -0.25) is 4.79 Å². The van der Waals surface area contributed by atoms with Crippen LogP contribution in [0.15, 0.2) is 18.3 Å². The summed E-state index contributed by atoms with van der Waals surface area (Å²) in [6, 6.07) is 2.52. The van der Waals surface area contributed by atoms with Gasteiger partial charge in [0.15, 0.2) is 5.69 Å². The van der Waals surface area contributed by atoms with Crippen LogP contribution in [-0.4, -0.2) is 30.0 Å². The molecule has 1 unspecified atom stereocenters. The van der Waals surface area contributed by atoms with E-state index in [9.17, 15) is 9.59 Å². The van der Waals surface area contributed by atoms with E-state index in [1.807, 2.05) is 13.8 Å². The molecule has 1 aromatic heterocycles. The number of nitrogens with zero attached hydrogens (tertiary/aromatic N) is 1. The molecule has 19 heavy (non-hydrogen) atoms. The van der Waals surface area contributed by atoms with E-state index in [4.69, 9.17) is 5.73 Å². The Kier molecular flexibility index (Phi) is 5.29. The summed E-state index contributed by atoms with van der Waals surface area (Å²) >= 11 is 0. The quantitative estimate of drug-likeness (QED) is 0.774. The van der Waals surface area contributed by atoms with Gasteiger partial charge in [-0.25, -0.2) is 9.78 Å². The zero-order valence-electron chi connectivity index (χ0n) is 11.3. The maximum Gasteiger partial charge on any atom is 0.328 e. The average Bonchev–Trinajstić information content (AvgIpc) is 2.36. The molecular formula is C13H19N3O3. The highest BCUT2D eigenvalue weighted by atomic mass is 16.5. The highest BCUT2D eigenvalue weighted by Crippen LogP contribution is 2.10. The number of aromatic nitrogens is 1. The van der Waals surface area contributed by atoms with Crippen LogP contribution < -0.4 is 11.1 Å². The van der Waals surface area contributed by atoms with Crippen molar-refractivity contribution in [3.05, 3.63) is 24.0 Å². The Labute approximate surface area is 112 Å². The van der Waals surface area contributed by atoms with Crippen molar-refractivity contribution in [1.29, 1.82) is 0 Å². The minimum Gasteiger partial charge on any atom is -0.467 e. The van der Waals surface area contributed by atoms with Gasteiger partial charge in [0.25, 0.3) is 5.91 Å². The molecule has 6 heteroatoms. The number of methoxy groups -OCH3 is 1. The van der Waals surface area contributed by atoms with Gasteiger partial charge in [0, 0.05) is 6.20 Å². The Balaban J connectivity index is 2.82. The van der Waals surface area contributed by atoms with Crippen LogP contribution in [0.5, 0.6) is 0 Å². The number of carbonyl (C=O) groups is 2. The van der Waals surface area contributed by atoms with Crippen LogP contribution in [0.1, 0.15) is 30.8 Å². The van der Waals surface area contributed by atoms with E-state index in [2.05, 4.69) is 15.0 Å². The number of hydrogen-bond donors (Lipinski definition) is 2. The van der Waals surface area contributed by atoms with Crippen molar-refractivity contribution in [2.24, 2.45) is 5.92 Å². The summed E-state index contributed by atoms with van der Waals surface area (Å²) in [5.74, 6) is -0.712. The minimum absolute atomic E-state index is 0.111. The second-order valence-corrected chi connectivity index (χ2v) is 4.62. The van der Waals surface area contributed by atoms with Crippen molar-refractivity contribution in [2.75, 3.05) is 12.8 Å². The first-order valence-corrected chi connectivity index (χ1v) is 6.04. The molecule has 0 saturated carbocycles. The number of esters is 1. The van der Waals surface area contributed by atoms with E-state index in [1.54, 1.807) is 12.1 Å². The van der Waals surface area contributed by atoms with Crippen molar-refractivity contribution in [3.63, 3.8) is 0 Å². The van der Waals surface area contributed by atoms with E-state index in [-0.39, 0.29) is 17.3 Å². The first-order chi connectivity index (χ1) is 8.95. The number of rotatable bonds is 5. The van der Waals surface area contributed by atoms with Crippen molar-refractivity contribution < 1.29 is 14.3 Å². The fourth-order valence-electron chi connectivity index (χ4n) is 1.66. The molecule has 104 valence electrons. The Hall–Kier alpha value is -2.11. The Morgan fingerprint density at radius 3 is 2.68 bits per heavy atom. The number of amides is 1. The van der Waals surface area contributed by atoms with Crippen LogP contribution in [0.2, 0.25) is 0 Å². The number of hydrogen-bond acceptors (Lipinski definition) is 5. The molecule has 0 aromatic carbocycles. The third-order valence-corrected chi connectivity index (χ3v) is 2.55. The van der Waals surface area contributed by atoms with Gasteiger partial charge in [-0.1, -0.05) is 13.8 Å². The van der Waals surface area contributed by atoms with Gasteiger partial charge in [0.2, 0.25) is 0 Å². The van der Waals surface area contributed by atoms with Crippen LogP contribution in [0.3, 0.4) is 0 Å². The van der Waals surface area contributed by atoms with Crippen molar-refractivity contribution in [1.82, 2.24) is 10.3 Å². The lowest BCUT2D eigenvalue weighted by Gasteiger charge is -2.18. The fourth-order valence-corrected chi connectivity index (χ4v) is 1.66. The van der Waals surface area contributed by atoms with Crippen LogP contribution in [0.25, 0.3) is 0 Å².